The monoisotopic (exact) mass is 1180 g/mol. The number of nitrogens with two attached hydrogens (primary N) is 1. The number of fused-ring (bicyclic) bond motifs is 6. The predicted octanol–water partition coefficient (Wildman–Crippen LogP) is -1.90. The van der Waals surface area contributed by atoms with Gasteiger partial charge in [0.15, 0.2) is 5.71 Å². The second kappa shape index (κ2) is 26.8. The predicted molar refractivity (Wildman–Crippen MR) is 270 cm³/mol. The molecule has 17 nitrogen and oxygen atoms in total. The van der Waals surface area contributed by atoms with Gasteiger partial charge in [-0.3, -0.25) is 4.79 Å². The van der Waals surface area contributed by atoms with Crippen molar-refractivity contribution in [2.75, 3.05) is 31.6 Å². The van der Waals surface area contributed by atoms with E-state index >= 15 is 0 Å². The summed E-state index contributed by atoms with van der Waals surface area (Å²) in [5.74, 6) is -0.0240. The Kier molecular flexibility index (Phi) is 24.1. The Bertz CT molecular complexity index is 3520. The van der Waals surface area contributed by atoms with Crippen molar-refractivity contribution in [2.45, 2.75) is 129 Å². The molecule has 1 aliphatic carbocycles. The molecule has 0 saturated heterocycles. The van der Waals surface area contributed by atoms with Gasteiger partial charge in [-0.15, -0.1) is 0 Å². The SMILES string of the molecule is C[N+]1=C(/C=C/C2=CC(=C\C=C3/N(CCCCCC(=O)NCCCCCCN)c4ccc5c(S(=O)(=O)[O-])cc(S(=O)(=O)[O-])cc5c4C3(C)C)/CCC2)C(C)(C)c2c1ccc1c(S(=O)(=O)[O-])cc(S(=O)(=O)[O-])cc21.[K+].[K+].[K+]. The molecule has 0 unspecified atom stereocenters. The third-order valence-corrected chi connectivity index (χ3v) is 17.4. The summed E-state index contributed by atoms with van der Waals surface area (Å²) in [6, 6.07) is 9.73. The molecule has 3 aliphatic rings. The van der Waals surface area contributed by atoms with Gasteiger partial charge in [0.05, 0.1) is 25.0 Å². The van der Waals surface area contributed by atoms with Crippen LogP contribution in [0.1, 0.15) is 109 Å². The number of benzene rings is 4. The Morgan fingerprint density at radius 2 is 1.23 bits per heavy atom. The summed E-state index contributed by atoms with van der Waals surface area (Å²) >= 11 is 0. The first kappa shape index (κ1) is 67.3. The van der Waals surface area contributed by atoms with Crippen LogP contribution in [0.4, 0.5) is 11.4 Å². The molecule has 0 atom stereocenters. The van der Waals surface area contributed by atoms with E-state index in [0.29, 0.717) is 80.0 Å². The van der Waals surface area contributed by atoms with Gasteiger partial charge < -0.3 is 34.2 Å². The van der Waals surface area contributed by atoms with Crippen molar-refractivity contribution in [3.63, 3.8) is 0 Å². The van der Waals surface area contributed by atoms with E-state index in [9.17, 15) is 56.7 Å². The standard InChI is InChI=1S/C51H62N4O13S4.3K/c1-50(2)45(54(5)41-21-19-37-39(48(41)50)29-35(69(57,58)59)31-43(37)71(63,64)65)23-17-33-14-13-15-34(28-33)18-24-46-51(3,4)49-40-30-36(70(60,61)62)32-44(72(66,67)68)38(40)20-22-42(49)55(46)27-12-8-9-16-47(56)53-26-11-7-6-10-25-52;;;/h17-24,28-32H,6-16,25-27,52H2,1-5H3,(H4-,53,56,57,58,59,60,61,62,63,64,65,66,67,68);;;/q;3*+1/p-3. The van der Waals surface area contributed by atoms with Gasteiger partial charge in [0.2, 0.25) is 11.6 Å². The summed E-state index contributed by atoms with van der Waals surface area (Å²) in [6.07, 6.45) is 18.4. The zero-order chi connectivity index (χ0) is 52.8. The molecule has 7 rings (SSSR count). The first-order valence-electron chi connectivity index (χ1n) is 23.8. The van der Waals surface area contributed by atoms with E-state index in [1.807, 2.05) is 63.6 Å². The minimum atomic E-state index is -5.22. The second-order valence-electron chi connectivity index (χ2n) is 19.7. The molecule has 0 spiro atoms. The first-order chi connectivity index (χ1) is 33.6. The van der Waals surface area contributed by atoms with Crippen LogP contribution >= 0.6 is 0 Å². The first-order valence-corrected chi connectivity index (χ1v) is 29.4. The van der Waals surface area contributed by atoms with Crippen LogP contribution in [0.2, 0.25) is 0 Å². The molecular formula is C51H59K3N4O13S4. The molecule has 75 heavy (non-hydrogen) atoms. The Balaban J connectivity index is 0.00000406. The maximum atomic E-state index is 12.6. The van der Waals surface area contributed by atoms with Gasteiger partial charge in [-0.05, 0) is 141 Å². The summed E-state index contributed by atoms with van der Waals surface area (Å²) in [7, 11) is -18.9. The number of nitrogens with zero attached hydrogens (tertiary/aromatic N) is 2. The van der Waals surface area contributed by atoms with Crippen LogP contribution in [-0.4, -0.2) is 94.8 Å². The summed E-state index contributed by atoms with van der Waals surface area (Å²) in [4.78, 5) is 11.4. The Morgan fingerprint density at radius 1 is 0.667 bits per heavy atom. The van der Waals surface area contributed by atoms with Gasteiger partial charge in [0.25, 0.3) is 0 Å². The van der Waals surface area contributed by atoms with E-state index in [0.717, 1.165) is 79.6 Å². The van der Waals surface area contributed by atoms with Crippen molar-refractivity contribution in [1.82, 2.24) is 5.32 Å². The van der Waals surface area contributed by atoms with Gasteiger partial charge in [0, 0.05) is 59.4 Å². The number of unbranched alkanes of at least 4 members (excludes halogenated alkanes) is 5. The molecule has 0 aromatic heterocycles. The quantitative estimate of drug-likeness (QED) is 0.0449. The Labute approximate surface area is 569 Å². The third-order valence-electron chi connectivity index (χ3n) is 14.0. The molecule has 4 aromatic rings. The fraction of sp³-hybridized carbons (Fsp3) is 0.412. The van der Waals surface area contributed by atoms with Crippen molar-refractivity contribution in [3.8, 4) is 0 Å². The van der Waals surface area contributed by atoms with E-state index in [4.69, 9.17) is 5.73 Å². The smallest absolute Gasteiger partial charge is 0.744 e. The van der Waals surface area contributed by atoms with Crippen LogP contribution in [-0.2, 0) is 56.1 Å². The van der Waals surface area contributed by atoms with Gasteiger partial charge >= 0.3 is 154 Å². The molecule has 0 radical (unpaired) electrons. The van der Waals surface area contributed by atoms with E-state index in [2.05, 4.69) is 16.3 Å². The zero-order valence-corrected chi connectivity index (χ0v) is 56.5. The third kappa shape index (κ3) is 15.3. The number of rotatable bonds is 19. The van der Waals surface area contributed by atoms with Crippen LogP contribution in [0.25, 0.3) is 21.5 Å². The topological polar surface area (TPSA) is 290 Å². The fourth-order valence-corrected chi connectivity index (χ4v) is 13.2. The molecule has 2 aliphatic heterocycles. The number of carbonyl (C=O) groups is 1. The summed E-state index contributed by atoms with van der Waals surface area (Å²) in [5.41, 5.74) is 9.67. The number of carbonyl (C=O) groups excluding carboxylic acids is 1. The number of hydrogen-bond donors (Lipinski definition) is 2. The maximum Gasteiger partial charge on any atom is 1.00 e. The van der Waals surface area contributed by atoms with Crippen LogP contribution < -0.4 is 170 Å². The van der Waals surface area contributed by atoms with Gasteiger partial charge in [-0.25, -0.2) is 33.7 Å². The number of allylic oxidation sites excluding steroid dienone is 8. The molecule has 3 N–H and O–H groups in total. The van der Waals surface area contributed by atoms with Crippen LogP contribution in [0.15, 0.2) is 115 Å². The molecular weight excluding hydrogens is 1120 g/mol. The normalized spacial score (nSPS) is 17.5. The molecule has 24 heteroatoms. The van der Waals surface area contributed by atoms with Gasteiger partial charge in [-0.2, -0.15) is 4.58 Å². The molecule has 2 heterocycles. The van der Waals surface area contributed by atoms with E-state index in [1.54, 1.807) is 12.1 Å². The van der Waals surface area contributed by atoms with E-state index < -0.39 is 70.9 Å². The van der Waals surface area contributed by atoms with Crippen LogP contribution in [0.3, 0.4) is 0 Å². The minimum absolute atomic E-state index is 0. The van der Waals surface area contributed by atoms with E-state index in [-0.39, 0.29) is 182 Å². The van der Waals surface area contributed by atoms with Crippen LogP contribution in [0.5, 0.6) is 0 Å². The molecule has 0 fully saturated rings. The zero-order valence-electron chi connectivity index (χ0n) is 43.8. The van der Waals surface area contributed by atoms with E-state index in [1.165, 1.54) is 12.1 Å². The average Bonchev–Trinajstić information content (AvgIpc) is 3.63. The van der Waals surface area contributed by atoms with Crippen molar-refractivity contribution in [1.29, 1.82) is 0 Å². The summed E-state index contributed by atoms with van der Waals surface area (Å²) < 4.78 is 150. The van der Waals surface area contributed by atoms with Crippen molar-refractivity contribution >= 4 is 85.0 Å². The average molecular weight is 1180 g/mol. The van der Waals surface area contributed by atoms with Gasteiger partial charge in [0.1, 0.15) is 47.5 Å². The fourth-order valence-electron chi connectivity index (χ4n) is 10.6. The summed E-state index contributed by atoms with van der Waals surface area (Å²) in [5, 5.41) is 3.28. The Morgan fingerprint density at radius 3 is 1.80 bits per heavy atom. The van der Waals surface area contributed by atoms with Crippen LogP contribution in [0, 0.1) is 0 Å². The molecule has 0 bridgehead atoms. The molecule has 0 saturated carbocycles. The van der Waals surface area contributed by atoms with Crippen molar-refractivity contribution in [2.24, 2.45) is 5.73 Å². The number of nitrogens with one attached hydrogen (secondary N) is 1. The molecule has 388 valence electrons. The number of hydrogen-bond acceptors (Lipinski definition) is 15. The Hall–Kier alpha value is -0.191. The van der Waals surface area contributed by atoms with Crippen molar-refractivity contribution in [3.05, 3.63) is 107 Å². The number of amides is 1. The second-order valence-corrected chi connectivity index (χ2v) is 25.1. The maximum absolute atomic E-state index is 12.6. The number of anilines is 1. The summed E-state index contributed by atoms with van der Waals surface area (Å²) in [6.45, 7) is 9.30. The minimum Gasteiger partial charge on any atom is -0.744 e. The van der Waals surface area contributed by atoms with Gasteiger partial charge in [-0.1, -0.05) is 57.4 Å². The largest absolute Gasteiger partial charge is 1.00 e. The molecule has 4 aromatic carbocycles. The van der Waals surface area contributed by atoms with Crippen molar-refractivity contribution < 1.29 is 215 Å². The molecule has 1 amide bonds.